The average molecular weight is 261 g/mol. The zero-order chi connectivity index (χ0) is 13.2. The van der Waals surface area contributed by atoms with Crippen LogP contribution >= 0.6 is 0 Å². The minimum absolute atomic E-state index is 0.194. The maximum Gasteiger partial charge on any atom is 0.186 e. The lowest BCUT2D eigenvalue weighted by atomic mass is 9.95. The Morgan fingerprint density at radius 2 is 2.26 bits per heavy atom. The summed E-state index contributed by atoms with van der Waals surface area (Å²) in [6, 6.07) is 1.65. The Kier molecular flexibility index (Phi) is 3.71. The van der Waals surface area contributed by atoms with E-state index in [0.717, 1.165) is 43.2 Å². The average Bonchev–Trinajstić information content (AvgIpc) is 2.37. The molecule has 0 radical (unpaired) electrons. The van der Waals surface area contributed by atoms with Crippen molar-refractivity contribution in [2.24, 2.45) is 5.92 Å². The zero-order valence-electron chi connectivity index (χ0n) is 11.7. The van der Waals surface area contributed by atoms with Gasteiger partial charge in [-0.15, -0.1) is 0 Å². The molecule has 0 saturated carbocycles. The van der Waals surface area contributed by atoms with E-state index < -0.39 is 0 Å². The first kappa shape index (κ1) is 12.9. The normalized spacial score (nSPS) is 21.1. The van der Waals surface area contributed by atoms with Gasteiger partial charge in [-0.1, -0.05) is 0 Å². The Hall–Kier alpha value is -1.13. The van der Waals surface area contributed by atoms with Crippen LogP contribution in [0.15, 0.2) is 17.1 Å². The summed E-state index contributed by atoms with van der Waals surface area (Å²) in [5.74, 6) is 0.908. The third kappa shape index (κ3) is 2.90. The molecule has 104 valence electrons. The minimum atomic E-state index is 0.194. The Labute approximate surface area is 114 Å². The molecule has 1 saturated heterocycles. The second kappa shape index (κ2) is 5.47. The number of fused-ring (bicyclic) bond motifs is 1. The Balaban J connectivity index is 1.49. The van der Waals surface area contributed by atoms with Crippen molar-refractivity contribution >= 4 is 0 Å². The molecule has 2 aliphatic rings. The van der Waals surface area contributed by atoms with E-state index in [9.17, 15) is 4.79 Å². The maximum absolute atomic E-state index is 11.8. The van der Waals surface area contributed by atoms with Gasteiger partial charge in [0.15, 0.2) is 5.43 Å². The number of nitrogens with zero attached hydrogens (tertiary/aromatic N) is 2. The van der Waals surface area contributed by atoms with Gasteiger partial charge >= 0.3 is 0 Å². The molecule has 0 atom stereocenters. The summed E-state index contributed by atoms with van der Waals surface area (Å²) < 4.78 is 0. The molecule has 0 aliphatic carbocycles. The number of nitrogens with one attached hydrogen (secondary N) is 1. The number of aromatic nitrogens is 1. The first-order valence-electron chi connectivity index (χ1n) is 7.33. The highest BCUT2D eigenvalue weighted by Crippen LogP contribution is 2.19. The number of hydrogen-bond acceptors (Lipinski definition) is 3. The van der Waals surface area contributed by atoms with Gasteiger partial charge in [-0.25, -0.2) is 0 Å². The number of hydrogen-bond donors (Lipinski definition) is 1. The highest BCUT2D eigenvalue weighted by atomic mass is 16.1. The smallest absolute Gasteiger partial charge is 0.186 e. The molecule has 4 nitrogen and oxygen atoms in total. The summed E-state index contributed by atoms with van der Waals surface area (Å²) in [7, 11) is 2.18. The summed E-state index contributed by atoms with van der Waals surface area (Å²) in [6.45, 7) is 5.58. The monoisotopic (exact) mass is 261 g/mol. The molecule has 1 N–H and O–H groups in total. The number of H-pyrrole nitrogens is 1. The van der Waals surface area contributed by atoms with Gasteiger partial charge in [-0.3, -0.25) is 9.69 Å². The predicted octanol–water partition coefficient (Wildman–Crippen LogP) is 1.07. The summed E-state index contributed by atoms with van der Waals surface area (Å²) in [5.41, 5.74) is 2.32. The quantitative estimate of drug-likeness (QED) is 0.881. The first-order chi connectivity index (χ1) is 9.22. The molecule has 1 aromatic heterocycles. The maximum atomic E-state index is 11.8. The van der Waals surface area contributed by atoms with Crippen molar-refractivity contribution in [2.75, 3.05) is 33.2 Å². The second-order valence-electron chi connectivity index (χ2n) is 6.05. The molecule has 0 bridgehead atoms. The van der Waals surface area contributed by atoms with Crippen LogP contribution in [-0.2, 0) is 13.0 Å². The molecule has 0 unspecified atom stereocenters. The summed E-state index contributed by atoms with van der Waals surface area (Å²) in [4.78, 5) is 19.9. The third-order valence-corrected chi connectivity index (χ3v) is 4.44. The van der Waals surface area contributed by atoms with Gasteiger partial charge in [-0.2, -0.15) is 0 Å². The SMILES string of the molecule is CN1CC(CCCN2CCc3[nH]ccc(=O)c3C2)C1. The van der Waals surface area contributed by atoms with Crippen LogP contribution in [0.3, 0.4) is 0 Å². The molecule has 0 spiro atoms. The Morgan fingerprint density at radius 3 is 3.05 bits per heavy atom. The van der Waals surface area contributed by atoms with Crippen molar-refractivity contribution in [2.45, 2.75) is 25.8 Å². The van der Waals surface area contributed by atoms with Crippen molar-refractivity contribution in [1.29, 1.82) is 0 Å². The minimum Gasteiger partial charge on any atom is -0.364 e. The molecule has 2 aliphatic heterocycles. The molecule has 3 rings (SSSR count). The van der Waals surface area contributed by atoms with Crippen LogP contribution in [0.2, 0.25) is 0 Å². The second-order valence-corrected chi connectivity index (χ2v) is 6.05. The van der Waals surface area contributed by atoms with E-state index in [1.807, 2.05) is 0 Å². The lowest BCUT2D eigenvalue weighted by Gasteiger charge is -2.37. The van der Waals surface area contributed by atoms with Crippen LogP contribution in [0, 0.1) is 5.92 Å². The standard InChI is InChI=1S/C15H23N3O/c1-17-9-12(10-17)3-2-7-18-8-5-14-13(11-18)15(19)4-6-16-14/h4,6,12H,2-3,5,7-11H2,1H3,(H,16,19). The molecular formula is C15H23N3O. The van der Waals surface area contributed by atoms with E-state index in [4.69, 9.17) is 0 Å². The zero-order valence-corrected chi connectivity index (χ0v) is 11.7. The van der Waals surface area contributed by atoms with Crippen molar-refractivity contribution in [3.05, 3.63) is 33.7 Å². The van der Waals surface area contributed by atoms with Gasteiger partial charge < -0.3 is 9.88 Å². The first-order valence-corrected chi connectivity index (χ1v) is 7.33. The molecular weight excluding hydrogens is 238 g/mol. The van der Waals surface area contributed by atoms with Crippen molar-refractivity contribution in [3.63, 3.8) is 0 Å². The van der Waals surface area contributed by atoms with Crippen LogP contribution in [-0.4, -0.2) is 48.0 Å². The number of aromatic amines is 1. The fraction of sp³-hybridized carbons (Fsp3) is 0.667. The fourth-order valence-corrected chi connectivity index (χ4v) is 3.33. The van der Waals surface area contributed by atoms with Crippen LogP contribution in [0.25, 0.3) is 0 Å². The highest BCUT2D eigenvalue weighted by molar-refractivity contribution is 5.22. The summed E-state index contributed by atoms with van der Waals surface area (Å²) in [6.07, 6.45) is 5.35. The molecule has 3 heterocycles. The lowest BCUT2D eigenvalue weighted by Crippen LogP contribution is -2.44. The van der Waals surface area contributed by atoms with Gasteiger partial charge in [0.05, 0.1) is 0 Å². The van der Waals surface area contributed by atoms with Crippen molar-refractivity contribution in [1.82, 2.24) is 14.8 Å². The van der Waals surface area contributed by atoms with Gasteiger partial charge in [0.25, 0.3) is 0 Å². The van der Waals surface area contributed by atoms with E-state index in [2.05, 4.69) is 21.8 Å². The number of rotatable bonds is 4. The largest absolute Gasteiger partial charge is 0.364 e. The summed E-state index contributed by atoms with van der Waals surface area (Å²) in [5, 5.41) is 0. The Morgan fingerprint density at radius 1 is 1.42 bits per heavy atom. The van der Waals surface area contributed by atoms with Gasteiger partial charge in [-0.05, 0) is 32.4 Å². The molecule has 0 aromatic carbocycles. The van der Waals surface area contributed by atoms with Crippen LogP contribution in [0.4, 0.5) is 0 Å². The Bertz CT molecular complexity index is 490. The molecule has 19 heavy (non-hydrogen) atoms. The van der Waals surface area contributed by atoms with Crippen LogP contribution in [0.1, 0.15) is 24.1 Å². The molecule has 1 fully saturated rings. The van der Waals surface area contributed by atoms with Gasteiger partial charge in [0, 0.05) is 56.1 Å². The van der Waals surface area contributed by atoms with Crippen molar-refractivity contribution in [3.8, 4) is 0 Å². The van der Waals surface area contributed by atoms with E-state index >= 15 is 0 Å². The van der Waals surface area contributed by atoms with Crippen molar-refractivity contribution < 1.29 is 0 Å². The third-order valence-electron chi connectivity index (χ3n) is 4.44. The van der Waals surface area contributed by atoms with E-state index in [-0.39, 0.29) is 5.43 Å². The molecule has 0 amide bonds. The number of likely N-dealkylation sites (tertiary alicyclic amines) is 1. The fourth-order valence-electron chi connectivity index (χ4n) is 3.33. The topological polar surface area (TPSA) is 39.3 Å². The van der Waals surface area contributed by atoms with Gasteiger partial charge in [0.2, 0.25) is 0 Å². The number of pyridine rings is 1. The molecule has 1 aromatic rings. The van der Waals surface area contributed by atoms with Crippen LogP contribution in [0.5, 0.6) is 0 Å². The molecule has 4 heteroatoms. The highest BCUT2D eigenvalue weighted by Gasteiger charge is 2.23. The lowest BCUT2D eigenvalue weighted by molar-refractivity contribution is 0.119. The van der Waals surface area contributed by atoms with E-state index in [0.29, 0.717) is 0 Å². The van der Waals surface area contributed by atoms with E-state index in [1.54, 1.807) is 12.3 Å². The van der Waals surface area contributed by atoms with Gasteiger partial charge in [0.1, 0.15) is 0 Å². The predicted molar refractivity (Wildman–Crippen MR) is 76.3 cm³/mol. The van der Waals surface area contributed by atoms with E-state index in [1.165, 1.54) is 25.9 Å². The summed E-state index contributed by atoms with van der Waals surface area (Å²) >= 11 is 0. The van der Waals surface area contributed by atoms with Crippen LogP contribution < -0.4 is 5.43 Å².